The SMILES string of the molecule is COc1ccc(CC(N)C(=O)O)cc1COc1c(Cl)cccc1Cl. The van der Waals surface area contributed by atoms with Crippen molar-refractivity contribution in [2.75, 3.05) is 7.11 Å². The molecule has 0 aliphatic heterocycles. The molecule has 0 fully saturated rings. The number of hydrogen-bond donors (Lipinski definition) is 2. The molecule has 0 spiro atoms. The van der Waals surface area contributed by atoms with Crippen molar-refractivity contribution in [2.45, 2.75) is 19.1 Å². The molecule has 0 bridgehead atoms. The van der Waals surface area contributed by atoms with Crippen molar-refractivity contribution < 1.29 is 19.4 Å². The van der Waals surface area contributed by atoms with Gasteiger partial charge in [0, 0.05) is 5.56 Å². The van der Waals surface area contributed by atoms with Gasteiger partial charge in [0.2, 0.25) is 0 Å². The van der Waals surface area contributed by atoms with E-state index in [2.05, 4.69) is 0 Å². The molecule has 2 rings (SSSR count). The first-order valence-corrected chi connectivity index (χ1v) is 7.89. The van der Waals surface area contributed by atoms with Gasteiger partial charge in [-0.25, -0.2) is 0 Å². The molecule has 24 heavy (non-hydrogen) atoms. The monoisotopic (exact) mass is 369 g/mol. The number of carbonyl (C=O) groups is 1. The Morgan fingerprint density at radius 2 is 1.92 bits per heavy atom. The summed E-state index contributed by atoms with van der Waals surface area (Å²) in [6, 6.07) is 9.44. The Kier molecular flexibility index (Phi) is 6.31. The predicted octanol–water partition coefficient (Wildman–Crippen LogP) is 3.54. The van der Waals surface area contributed by atoms with Gasteiger partial charge >= 0.3 is 5.97 Å². The van der Waals surface area contributed by atoms with Crippen molar-refractivity contribution >= 4 is 29.2 Å². The number of para-hydroxylation sites is 1. The van der Waals surface area contributed by atoms with E-state index in [4.69, 9.17) is 43.5 Å². The van der Waals surface area contributed by atoms with E-state index in [1.165, 1.54) is 0 Å². The third kappa shape index (κ3) is 4.54. The summed E-state index contributed by atoms with van der Waals surface area (Å²) in [6.45, 7) is 0.169. The number of nitrogens with two attached hydrogens (primary N) is 1. The van der Waals surface area contributed by atoms with Gasteiger partial charge in [-0.05, 0) is 36.2 Å². The molecule has 0 aliphatic carbocycles. The molecule has 1 atom stereocenters. The Labute approximate surface area is 149 Å². The summed E-state index contributed by atoms with van der Waals surface area (Å²) in [5.74, 6) is -0.0483. The number of halogens is 2. The van der Waals surface area contributed by atoms with Crippen LogP contribution in [0.5, 0.6) is 11.5 Å². The van der Waals surface area contributed by atoms with Crippen molar-refractivity contribution in [3.8, 4) is 11.5 Å². The molecule has 128 valence electrons. The summed E-state index contributed by atoms with van der Waals surface area (Å²) < 4.78 is 11.0. The molecule has 2 aromatic carbocycles. The average molecular weight is 370 g/mol. The number of rotatable bonds is 7. The lowest BCUT2D eigenvalue weighted by Gasteiger charge is -2.14. The number of benzene rings is 2. The third-order valence-corrected chi connectivity index (χ3v) is 4.00. The maximum absolute atomic E-state index is 10.9. The summed E-state index contributed by atoms with van der Waals surface area (Å²) >= 11 is 12.2. The van der Waals surface area contributed by atoms with E-state index < -0.39 is 12.0 Å². The molecule has 1 unspecified atom stereocenters. The fourth-order valence-corrected chi connectivity index (χ4v) is 2.69. The van der Waals surface area contributed by atoms with Crippen molar-refractivity contribution in [2.24, 2.45) is 5.73 Å². The first-order chi connectivity index (χ1) is 11.4. The molecule has 5 nitrogen and oxygen atoms in total. The van der Waals surface area contributed by atoms with Crippen LogP contribution in [-0.4, -0.2) is 24.2 Å². The van der Waals surface area contributed by atoms with Crippen LogP contribution in [0.4, 0.5) is 0 Å². The third-order valence-electron chi connectivity index (χ3n) is 3.41. The zero-order valence-electron chi connectivity index (χ0n) is 13.0. The van der Waals surface area contributed by atoms with Gasteiger partial charge in [-0.15, -0.1) is 0 Å². The van der Waals surface area contributed by atoms with Gasteiger partial charge in [0.05, 0.1) is 17.2 Å². The highest BCUT2D eigenvalue weighted by atomic mass is 35.5. The molecule has 0 radical (unpaired) electrons. The Bertz CT molecular complexity index is 716. The lowest BCUT2D eigenvalue weighted by molar-refractivity contribution is -0.138. The van der Waals surface area contributed by atoms with Gasteiger partial charge in [0.15, 0.2) is 5.75 Å². The summed E-state index contributed by atoms with van der Waals surface area (Å²) in [5, 5.41) is 9.74. The molecule has 0 saturated heterocycles. The quantitative estimate of drug-likeness (QED) is 0.779. The van der Waals surface area contributed by atoms with E-state index in [-0.39, 0.29) is 13.0 Å². The number of methoxy groups -OCH3 is 1. The Balaban J connectivity index is 2.20. The van der Waals surface area contributed by atoms with Crippen LogP contribution >= 0.6 is 23.2 Å². The van der Waals surface area contributed by atoms with Crippen molar-refractivity contribution in [3.05, 3.63) is 57.6 Å². The zero-order valence-corrected chi connectivity index (χ0v) is 14.5. The second-order valence-electron chi connectivity index (χ2n) is 5.13. The van der Waals surface area contributed by atoms with Gasteiger partial charge in [-0.1, -0.05) is 35.3 Å². The highest BCUT2D eigenvalue weighted by Gasteiger charge is 2.14. The van der Waals surface area contributed by atoms with Crippen LogP contribution in [0.1, 0.15) is 11.1 Å². The van der Waals surface area contributed by atoms with Gasteiger partial charge in [-0.2, -0.15) is 0 Å². The number of carboxylic acid groups (broad SMARTS) is 1. The van der Waals surface area contributed by atoms with E-state index in [9.17, 15) is 4.79 Å². The molecule has 0 amide bonds. The molecular weight excluding hydrogens is 353 g/mol. The molecule has 2 aromatic rings. The second kappa shape index (κ2) is 8.24. The first kappa shape index (κ1) is 18.4. The van der Waals surface area contributed by atoms with Crippen LogP contribution in [0.25, 0.3) is 0 Å². The smallest absolute Gasteiger partial charge is 0.320 e. The van der Waals surface area contributed by atoms with E-state index in [1.54, 1.807) is 43.5 Å². The highest BCUT2D eigenvalue weighted by molar-refractivity contribution is 6.37. The Morgan fingerprint density at radius 1 is 1.25 bits per heavy atom. The van der Waals surface area contributed by atoms with Crippen LogP contribution in [-0.2, 0) is 17.8 Å². The van der Waals surface area contributed by atoms with Crippen molar-refractivity contribution in [1.29, 1.82) is 0 Å². The molecule has 0 aliphatic rings. The molecular formula is C17H17Cl2NO4. The normalized spacial score (nSPS) is 11.8. The minimum Gasteiger partial charge on any atom is -0.496 e. The maximum Gasteiger partial charge on any atom is 0.320 e. The fraction of sp³-hybridized carbons (Fsp3) is 0.235. The average Bonchev–Trinajstić information content (AvgIpc) is 2.54. The second-order valence-corrected chi connectivity index (χ2v) is 5.95. The topological polar surface area (TPSA) is 81.8 Å². The van der Waals surface area contributed by atoms with Crippen molar-refractivity contribution in [1.82, 2.24) is 0 Å². The maximum atomic E-state index is 10.9. The largest absolute Gasteiger partial charge is 0.496 e. The first-order valence-electron chi connectivity index (χ1n) is 7.13. The number of carboxylic acids is 1. The summed E-state index contributed by atoms with van der Waals surface area (Å²) in [7, 11) is 1.55. The van der Waals surface area contributed by atoms with Gasteiger partial charge in [0.1, 0.15) is 18.4 Å². The van der Waals surface area contributed by atoms with Gasteiger partial charge in [-0.3, -0.25) is 4.79 Å². The highest BCUT2D eigenvalue weighted by Crippen LogP contribution is 2.33. The van der Waals surface area contributed by atoms with E-state index >= 15 is 0 Å². The molecule has 0 saturated carbocycles. The molecule has 3 N–H and O–H groups in total. The van der Waals surface area contributed by atoms with Gasteiger partial charge < -0.3 is 20.3 Å². The van der Waals surface area contributed by atoms with Crippen molar-refractivity contribution in [3.63, 3.8) is 0 Å². The van der Waals surface area contributed by atoms with Gasteiger partial charge in [0.25, 0.3) is 0 Å². The number of ether oxygens (including phenoxy) is 2. The lowest BCUT2D eigenvalue weighted by atomic mass is 10.0. The summed E-state index contributed by atoms with van der Waals surface area (Å²) in [6.07, 6.45) is 0.208. The van der Waals surface area contributed by atoms with Crippen LogP contribution in [0.15, 0.2) is 36.4 Å². The fourth-order valence-electron chi connectivity index (χ4n) is 2.18. The lowest BCUT2D eigenvalue weighted by Crippen LogP contribution is -2.32. The van der Waals surface area contributed by atoms with E-state index in [1.807, 2.05) is 0 Å². The minimum atomic E-state index is -1.05. The van der Waals surface area contributed by atoms with Crippen LogP contribution in [0.3, 0.4) is 0 Å². The van der Waals surface area contributed by atoms with E-state index in [0.29, 0.717) is 21.5 Å². The van der Waals surface area contributed by atoms with Crippen LogP contribution in [0, 0.1) is 0 Å². The Hall–Kier alpha value is -1.95. The number of hydrogen-bond acceptors (Lipinski definition) is 4. The molecule has 7 heteroatoms. The Morgan fingerprint density at radius 3 is 2.50 bits per heavy atom. The molecule has 0 aromatic heterocycles. The zero-order chi connectivity index (χ0) is 17.7. The van der Waals surface area contributed by atoms with E-state index in [0.717, 1.165) is 11.1 Å². The summed E-state index contributed by atoms with van der Waals surface area (Å²) in [4.78, 5) is 10.9. The number of aliphatic carboxylic acids is 1. The van der Waals surface area contributed by atoms with Crippen LogP contribution in [0.2, 0.25) is 10.0 Å². The van der Waals surface area contributed by atoms with Crippen LogP contribution < -0.4 is 15.2 Å². The predicted molar refractivity (Wildman–Crippen MR) is 93.1 cm³/mol. The molecule has 0 heterocycles. The standard InChI is InChI=1S/C17H17Cl2NO4/c1-23-15-6-5-10(8-14(20)17(21)22)7-11(15)9-24-16-12(18)3-2-4-13(16)19/h2-7,14H,8-9,20H2,1H3,(H,21,22). The summed E-state index contributed by atoms with van der Waals surface area (Å²) in [5.41, 5.74) is 7.09. The minimum absolute atomic E-state index is 0.169.